The Balaban J connectivity index is 2.28. The normalized spacial score (nSPS) is 9.94. The molecule has 0 radical (unpaired) electrons. The van der Waals surface area contributed by atoms with Crippen LogP contribution in [0.25, 0.3) is 0 Å². The standard InChI is InChI=1S/C12H9FN2O2/c13-11-6-1-2-7-12(11)14-9-4-3-5-10(8-9)15(16)17/h1-8,14H. The summed E-state index contributed by atoms with van der Waals surface area (Å²) in [5, 5.41) is 13.4. The van der Waals surface area contributed by atoms with Crippen molar-refractivity contribution in [3.05, 3.63) is 64.5 Å². The van der Waals surface area contributed by atoms with Gasteiger partial charge in [-0.1, -0.05) is 18.2 Å². The summed E-state index contributed by atoms with van der Waals surface area (Å²) in [7, 11) is 0. The van der Waals surface area contributed by atoms with Gasteiger partial charge in [-0.05, 0) is 18.2 Å². The highest BCUT2D eigenvalue weighted by atomic mass is 19.1. The Bertz CT molecular complexity index is 558. The molecule has 0 heterocycles. The maximum absolute atomic E-state index is 13.3. The van der Waals surface area contributed by atoms with E-state index >= 15 is 0 Å². The summed E-state index contributed by atoms with van der Waals surface area (Å²) in [5.74, 6) is -0.404. The number of nitrogens with one attached hydrogen (secondary N) is 1. The second-order valence-corrected chi connectivity index (χ2v) is 3.41. The number of rotatable bonds is 3. The molecule has 0 atom stereocenters. The number of nitrogens with zero attached hydrogens (tertiary/aromatic N) is 1. The summed E-state index contributed by atoms with van der Waals surface area (Å²) in [6.45, 7) is 0. The number of hydrogen-bond acceptors (Lipinski definition) is 3. The zero-order chi connectivity index (χ0) is 12.3. The van der Waals surface area contributed by atoms with Crippen LogP contribution >= 0.6 is 0 Å². The molecular weight excluding hydrogens is 223 g/mol. The van der Waals surface area contributed by atoms with E-state index in [-0.39, 0.29) is 11.4 Å². The number of benzene rings is 2. The van der Waals surface area contributed by atoms with E-state index in [9.17, 15) is 14.5 Å². The van der Waals surface area contributed by atoms with Crippen molar-refractivity contribution in [1.29, 1.82) is 0 Å². The third-order valence-electron chi connectivity index (χ3n) is 2.21. The lowest BCUT2D eigenvalue weighted by Gasteiger charge is -2.06. The molecule has 0 bridgehead atoms. The highest BCUT2D eigenvalue weighted by Crippen LogP contribution is 2.22. The van der Waals surface area contributed by atoms with Crippen molar-refractivity contribution in [3.8, 4) is 0 Å². The number of non-ortho nitro benzene ring substituents is 1. The van der Waals surface area contributed by atoms with Crippen LogP contribution in [0.1, 0.15) is 0 Å². The largest absolute Gasteiger partial charge is 0.353 e. The fourth-order valence-electron chi connectivity index (χ4n) is 1.42. The molecule has 5 heteroatoms. The SMILES string of the molecule is O=[N+]([O-])c1cccc(Nc2ccccc2F)c1. The van der Waals surface area contributed by atoms with Crippen LogP contribution in [0.15, 0.2) is 48.5 Å². The zero-order valence-electron chi connectivity index (χ0n) is 8.76. The maximum atomic E-state index is 13.3. The van der Waals surface area contributed by atoms with Gasteiger partial charge in [0.25, 0.3) is 5.69 Å². The Labute approximate surface area is 96.9 Å². The summed E-state index contributed by atoms with van der Waals surface area (Å²) in [6.07, 6.45) is 0. The van der Waals surface area contributed by atoms with Crippen molar-refractivity contribution in [2.24, 2.45) is 0 Å². The number of nitro benzene ring substituents is 1. The van der Waals surface area contributed by atoms with Crippen molar-refractivity contribution in [3.63, 3.8) is 0 Å². The quantitative estimate of drug-likeness (QED) is 0.651. The van der Waals surface area contributed by atoms with Crippen molar-refractivity contribution in [2.45, 2.75) is 0 Å². The third kappa shape index (κ3) is 2.57. The molecule has 2 aromatic carbocycles. The van der Waals surface area contributed by atoms with Gasteiger partial charge in [-0.3, -0.25) is 10.1 Å². The van der Waals surface area contributed by atoms with Crippen molar-refractivity contribution >= 4 is 17.1 Å². The van der Waals surface area contributed by atoms with Crippen LogP contribution in [-0.4, -0.2) is 4.92 Å². The predicted octanol–water partition coefficient (Wildman–Crippen LogP) is 3.48. The number of halogens is 1. The lowest BCUT2D eigenvalue weighted by atomic mass is 10.2. The molecule has 0 aliphatic heterocycles. The molecule has 0 saturated heterocycles. The van der Waals surface area contributed by atoms with Crippen molar-refractivity contribution in [1.82, 2.24) is 0 Å². The van der Waals surface area contributed by atoms with Crippen LogP contribution in [0.4, 0.5) is 21.5 Å². The van der Waals surface area contributed by atoms with Gasteiger partial charge in [0, 0.05) is 17.8 Å². The topological polar surface area (TPSA) is 55.2 Å². The molecule has 4 nitrogen and oxygen atoms in total. The van der Waals surface area contributed by atoms with E-state index in [4.69, 9.17) is 0 Å². The van der Waals surface area contributed by atoms with E-state index in [2.05, 4.69) is 5.32 Å². The summed E-state index contributed by atoms with van der Waals surface area (Å²) in [6, 6.07) is 12.1. The van der Waals surface area contributed by atoms with Gasteiger partial charge >= 0.3 is 0 Å². The minimum atomic E-state index is -0.494. The van der Waals surface area contributed by atoms with E-state index in [1.807, 2.05) is 0 Å². The van der Waals surface area contributed by atoms with Crippen LogP contribution in [0, 0.1) is 15.9 Å². The highest BCUT2D eigenvalue weighted by molar-refractivity contribution is 5.62. The van der Waals surface area contributed by atoms with Gasteiger partial charge in [-0.2, -0.15) is 0 Å². The first-order valence-electron chi connectivity index (χ1n) is 4.93. The number of hydrogen-bond donors (Lipinski definition) is 1. The van der Waals surface area contributed by atoms with Gasteiger partial charge in [-0.25, -0.2) is 4.39 Å². The van der Waals surface area contributed by atoms with Crippen LogP contribution in [0.2, 0.25) is 0 Å². The molecule has 0 aliphatic rings. The Morgan fingerprint density at radius 1 is 1.12 bits per heavy atom. The van der Waals surface area contributed by atoms with Gasteiger partial charge in [0.2, 0.25) is 0 Å². The number of para-hydroxylation sites is 1. The second kappa shape index (κ2) is 4.61. The molecule has 0 unspecified atom stereocenters. The summed E-state index contributed by atoms with van der Waals surface area (Å²) < 4.78 is 13.3. The van der Waals surface area contributed by atoms with E-state index < -0.39 is 10.7 Å². The average Bonchev–Trinajstić information content (AvgIpc) is 2.32. The van der Waals surface area contributed by atoms with Crippen LogP contribution in [0.5, 0.6) is 0 Å². The first-order valence-corrected chi connectivity index (χ1v) is 4.93. The first kappa shape index (κ1) is 11.1. The molecular formula is C12H9FN2O2. The Kier molecular flexibility index (Phi) is 3.00. The molecule has 1 N–H and O–H groups in total. The molecule has 2 aromatic rings. The van der Waals surface area contributed by atoms with E-state index in [0.717, 1.165) is 0 Å². The number of anilines is 2. The monoisotopic (exact) mass is 232 g/mol. The maximum Gasteiger partial charge on any atom is 0.271 e. The predicted molar refractivity (Wildman–Crippen MR) is 62.8 cm³/mol. The fourth-order valence-corrected chi connectivity index (χ4v) is 1.42. The van der Waals surface area contributed by atoms with Gasteiger partial charge in [-0.15, -0.1) is 0 Å². The summed E-state index contributed by atoms with van der Waals surface area (Å²) in [5.41, 5.74) is 0.726. The second-order valence-electron chi connectivity index (χ2n) is 3.41. The highest BCUT2D eigenvalue weighted by Gasteiger charge is 2.06. The minimum absolute atomic E-state index is 0.0358. The van der Waals surface area contributed by atoms with E-state index in [0.29, 0.717) is 5.69 Å². The van der Waals surface area contributed by atoms with E-state index in [1.165, 1.54) is 18.2 Å². The molecule has 17 heavy (non-hydrogen) atoms. The lowest BCUT2D eigenvalue weighted by Crippen LogP contribution is -1.94. The molecule has 0 aromatic heterocycles. The molecule has 86 valence electrons. The molecule has 0 aliphatic carbocycles. The van der Waals surface area contributed by atoms with E-state index in [1.54, 1.807) is 30.3 Å². The molecule has 0 spiro atoms. The van der Waals surface area contributed by atoms with Crippen LogP contribution in [-0.2, 0) is 0 Å². The van der Waals surface area contributed by atoms with Gasteiger partial charge in [0.15, 0.2) is 0 Å². The van der Waals surface area contributed by atoms with Gasteiger partial charge < -0.3 is 5.32 Å². The molecule has 0 amide bonds. The van der Waals surface area contributed by atoms with Crippen molar-refractivity contribution in [2.75, 3.05) is 5.32 Å². The van der Waals surface area contributed by atoms with Crippen LogP contribution in [0.3, 0.4) is 0 Å². The number of nitro groups is 1. The Hall–Kier alpha value is -2.43. The first-order chi connectivity index (χ1) is 8.16. The van der Waals surface area contributed by atoms with Crippen molar-refractivity contribution < 1.29 is 9.31 Å². The lowest BCUT2D eigenvalue weighted by molar-refractivity contribution is -0.384. The van der Waals surface area contributed by atoms with Gasteiger partial charge in [0.05, 0.1) is 10.6 Å². The fraction of sp³-hybridized carbons (Fsp3) is 0. The molecule has 0 fully saturated rings. The molecule has 2 rings (SSSR count). The summed E-state index contributed by atoms with van der Waals surface area (Å²) in [4.78, 5) is 10.1. The summed E-state index contributed by atoms with van der Waals surface area (Å²) >= 11 is 0. The van der Waals surface area contributed by atoms with Gasteiger partial charge in [0.1, 0.15) is 5.82 Å². The zero-order valence-corrected chi connectivity index (χ0v) is 8.76. The smallest absolute Gasteiger partial charge is 0.271 e. The van der Waals surface area contributed by atoms with Crippen LogP contribution < -0.4 is 5.32 Å². The average molecular weight is 232 g/mol. The third-order valence-corrected chi connectivity index (χ3v) is 2.21. The Morgan fingerprint density at radius 2 is 1.88 bits per heavy atom. The minimum Gasteiger partial charge on any atom is -0.353 e. The Morgan fingerprint density at radius 3 is 2.59 bits per heavy atom. The molecule has 0 saturated carbocycles.